The van der Waals surface area contributed by atoms with E-state index in [1.165, 1.54) is 12.2 Å². The van der Waals surface area contributed by atoms with E-state index in [9.17, 15) is 0 Å². The van der Waals surface area contributed by atoms with Crippen LogP contribution in [0.3, 0.4) is 0 Å². The van der Waals surface area contributed by atoms with E-state index in [4.69, 9.17) is 0 Å². The van der Waals surface area contributed by atoms with Crippen LogP contribution in [-0.4, -0.2) is 23.1 Å². The molecule has 1 nitrogen and oxygen atoms in total. The Balaban J connectivity index is 1.89. The molecule has 0 radical (unpaired) electrons. The van der Waals surface area contributed by atoms with Gasteiger partial charge in [-0.2, -0.15) is 11.8 Å². The van der Waals surface area contributed by atoms with Crippen molar-refractivity contribution in [2.75, 3.05) is 5.75 Å². The largest absolute Gasteiger partial charge is 0.309 e. The summed E-state index contributed by atoms with van der Waals surface area (Å²) in [4.78, 5) is 0. The molecule has 1 saturated heterocycles. The van der Waals surface area contributed by atoms with Gasteiger partial charge in [-0.25, -0.2) is 0 Å². The molecule has 0 aromatic carbocycles. The molecule has 1 saturated carbocycles. The molecule has 2 fully saturated rings. The molecule has 1 heterocycles. The SMILES string of the molecule is CC1CC(NC2C(C)(C)C2(C)C)CS1. The molecule has 2 heteroatoms. The zero-order chi connectivity index (χ0) is 10.6. The molecule has 2 rings (SSSR count). The van der Waals surface area contributed by atoms with Crippen molar-refractivity contribution in [1.82, 2.24) is 5.32 Å². The van der Waals surface area contributed by atoms with Crippen molar-refractivity contribution in [3.63, 3.8) is 0 Å². The van der Waals surface area contributed by atoms with Gasteiger partial charge in [0.15, 0.2) is 0 Å². The Kier molecular flexibility index (Phi) is 2.43. The summed E-state index contributed by atoms with van der Waals surface area (Å²) in [6, 6.07) is 1.49. The molecule has 0 amide bonds. The van der Waals surface area contributed by atoms with E-state index in [2.05, 4.69) is 51.7 Å². The fourth-order valence-corrected chi connectivity index (χ4v) is 3.94. The Hall–Kier alpha value is 0.310. The van der Waals surface area contributed by atoms with Crippen LogP contribution >= 0.6 is 11.8 Å². The maximum atomic E-state index is 3.84. The Morgan fingerprint density at radius 2 is 1.71 bits per heavy atom. The lowest BCUT2D eigenvalue weighted by Crippen LogP contribution is -2.34. The number of hydrogen-bond acceptors (Lipinski definition) is 2. The number of hydrogen-bond donors (Lipinski definition) is 1. The van der Waals surface area contributed by atoms with Crippen LogP contribution in [0, 0.1) is 10.8 Å². The van der Waals surface area contributed by atoms with E-state index in [1.807, 2.05) is 0 Å². The minimum atomic E-state index is 0.490. The molecule has 2 aliphatic rings. The number of nitrogens with one attached hydrogen (secondary N) is 1. The van der Waals surface area contributed by atoms with E-state index in [0.717, 1.165) is 17.3 Å². The zero-order valence-electron chi connectivity index (χ0n) is 10.1. The predicted octanol–water partition coefficient (Wildman–Crippen LogP) is 2.90. The van der Waals surface area contributed by atoms with Crippen molar-refractivity contribution in [3.8, 4) is 0 Å². The lowest BCUT2D eigenvalue weighted by atomic mass is 10.0. The second-order valence-electron chi connectivity index (χ2n) is 6.12. The van der Waals surface area contributed by atoms with Gasteiger partial charge in [-0.3, -0.25) is 0 Å². The fraction of sp³-hybridized carbons (Fsp3) is 1.00. The molecule has 0 bridgehead atoms. The minimum absolute atomic E-state index is 0.490. The number of rotatable bonds is 2. The first-order valence-electron chi connectivity index (χ1n) is 5.73. The first-order valence-corrected chi connectivity index (χ1v) is 6.78. The Morgan fingerprint density at radius 3 is 2.07 bits per heavy atom. The molecule has 2 atom stereocenters. The van der Waals surface area contributed by atoms with E-state index in [1.54, 1.807) is 0 Å². The summed E-state index contributed by atoms with van der Waals surface area (Å²) in [7, 11) is 0. The monoisotopic (exact) mass is 213 g/mol. The molecule has 1 aliphatic heterocycles. The van der Waals surface area contributed by atoms with Gasteiger partial charge in [0.2, 0.25) is 0 Å². The van der Waals surface area contributed by atoms with Crippen molar-refractivity contribution in [3.05, 3.63) is 0 Å². The van der Waals surface area contributed by atoms with E-state index in [0.29, 0.717) is 10.8 Å². The van der Waals surface area contributed by atoms with Crippen molar-refractivity contribution >= 4 is 11.8 Å². The highest BCUT2D eigenvalue weighted by Gasteiger charge is 2.64. The maximum Gasteiger partial charge on any atom is 0.0184 e. The Bertz CT molecular complexity index is 220. The average molecular weight is 213 g/mol. The van der Waals surface area contributed by atoms with Crippen LogP contribution in [0.2, 0.25) is 0 Å². The third-order valence-corrected chi connectivity index (χ3v) is 5.98. The summed E-state index contributed by atoms with van der Waals surface area (Å²) < 4.78 is 0. The molecule has 82 valence electrons. The summed E-state index contributed by atoms with van der Waals surface area (Å²) in [5.41, 5.74) is 0.979. The molecule has 14 heavy (non-hydrogen) atoms. The standard InChI is InChI=1S/C12H23NS/c1-8-6-9(7-14-8)13-10-11(2,3)12(10,4)5/h8-10,13H,6-7H2,1-5H3. The summed E-state index contributed by atoms with van der Waals surface area (Å²) in [5.74, 6) is 1.31. The second-order valence-corrected chi connectivity index (χ2v) is 7.59. The van der Waals surface area contributed by atoms with Gasteiger partial charge in [0, 0.05) is 23.1 Å². The normalized spacial score (nSPS) is 40.1. The summed E-state index contributed by atoms with van der Waals surface area (Å²) in [5, 5.41) is 4.70. The number of thioether (sulfide) groups is 1. The quantitative estimate of drug-likeness (QED) is 0.757. The smallest absolute Gasteiger partial charge is 0.0184 e. The molecule has 1 N–H and O–H groups in total. The maximum absolute atomic E-state index is 3.84. The van der Waals surface area contributed by atoms with E-state index in [-0.39, 0.29) is 0 Å². The van der Waals surface area contributed by atoms with Gasteiger partial charge in [0.05, 0.1) is 0 Å². The highest BCUT2D eigenvalue weighted by Crippen LogP contribution is 2.62. The van der Waals surface area contributed by atoms with Crippen LogP contribution in [0.25, 0.3) is 0 Å². The third kappa shape index (κ3) is 1.51. The second kappa shape index (κ2) is 3.15. The fourth-order valence-electron chi connectivity index (χ4n) is 2.78. The van der Waals surface area contributed by atoms with Gasteiger partial charge in [0.25, 0.3) is 0 Å². The zero-order valence-corrected chi connectivity index (χ0v) is 10.9. The van der Waals surface area contributed by atoms with Crippen molar-refractivity contribution < 1.29 is 0 Å². The first-order chi connectivity index (χ1) is 6.35. The molecule has 0 aromatic rings. The van der Waals surface area contributed by atoms with Crippen molar-refractivity contribution in [1.29, 1.82) is 0 Å². The van der Waals surface area contributed by atoms with Gasteiger partial charge in [0.1, 0.15) is 0 Å². The Labute approximate surface area is 92.4 Å². The summed E-state index contributed by atoms with van der Waals surface area (Å²) >= 11 is 2.11. The predicted molar refractivity (Wildman–Crippen MR) is 64.8 cm³/mol. The Morgan fingerprint density at radius 1 is 1.14 bits per heavy atom. The van der Waals surface area contributed by atoms with Crippen molar-refractivity contribution in [2.45, 2.75) is 58.4 Å². The van der Waals surface area contributed by atoms with Crippen LogP contribution < -0.4 is 5.32 Å². The molecule has 1 aliphatic carbocycles. The highest BCUT2D eigenvalue weighted by atomic mass is 32.2. The topological polar surface area (TPSA) is 12.0 Å². The minimum Gasteiger partial charge on any atom is -0.309 e. The van der Waals surface area contributed by atoms with Gasteiger partial charge in [-0.1, -0.05) is 34.6 Å². The van der Waals surface area contributed by atoms with Crippen LogP contribution in [0.5, 0.6) is 0 Å². The van der Waals surface area contributed by atoms with E-state index >= 15 is 0 Å². The lowest BCUT2D eigenvalue weighted by molar-refractivity contribution is 0.457. The highest BCUT2D eigenvalue weighted by molar-refractivity contribution is 8.00. The molecule has 0 spiro atoms. The summed E-state index contributed by atoms with van der Waals surface area (Å²) in [6.07, 6.45) is 1.35. The lowest BCUT2D eigenvalue weighted by Gasteiger charge is -2.13. The van der Waals surface area contributed by atoms with Crippen LogP contribution in [-0.2, 0) is 0 Å². The average Bonchev–Trinajstić information content (AvgIpc) is 2.47. The summed E-state index contributed by atoms with van der Waals surface area (Å²) in [6.45, 7) is 11.9. The first kappa shape index (κ1) is 10.8. The van der Waals surface area contributed by atoms with Crippen LogP contribution in [0.4, 0.5) is 0 Å². The van der Waals surface area contributed by atoms with Gasteiger partial charge >= 0.3 is 0 Å². The molecular formula is C12H23NS. The third-order valence-electron chi connectivity index (χ3n) is 4.62. The molecule has 2 unspecified atom stereocenters. The van der Waals surface area contributed by atoms with Gasteiger partial charge < -0.3 is 5.32 Å². The van der Waals surface area contributed by atoms with Crippen molar-refractivity contribution in [2.24, 2.45) is 10.8 Å². The van der Waals surface area contributed by atoms with Crippen LogP contribution in [0.15, 0.2) is 0 Å². The molecule has 0 aromatic heterocycles. The van der Waals surface area contributed by atoms with Gasteiger partial charge in [-0.05, 0) is 17.3 Å². The van der Waals surface area contributed by atoms with E-state index < -0.39 is 0 Å². The molecular weight excluding hydrogens is 190 g/mol. The van der Waals surface area contributed by atoms with Gasteiger partial charge in [-0.15, -0.1) is 0 Å². The van der Waals surface area contributed by atoms with Crippen LogP contribution in [0.1, 0.15) is 41.0 Å².